The standard InChI is InChI=1S/C17H18N4O/c1-21(12-9-14-7-10-18-11-8-14)13-16-19-20-17(22-16)15-5-3-2-4-6-15/h2-8,10-11H,9,12-13H2,1H3. The summed E-state index contributed by atoms with van der Waals surface area (Å²) in [6.07, 6.45) is 4.61. The van der Waals surface area contributed by atoms with Crippen molar-refractivity contribution in [2.45, 2.75) is 13.0 Å². The monoisotopic (exact) mass is 294 g/mol. The molecule has 22 heavy (non-hydrogen) atoms. The Balaban J connectivity index is 1.56. The number of likely N-dealkylation sites (N-methyl/N-ethyl adjacent to an activating group) is 1. The number of hydrogen-bond donors (Lipinski definition) is 0. The molecule has 3 rings (SSSR count). The third kappa shape index (κ3) is 3.77. The first-order valence-corrected chi connectivity index (χ1v) is 7.26. The van der Waals surface area contributed by atoms with Gasteiger partial charge in [-0.1, -0.05) is 18.2 Å². The van der Waals surface area contributed by atoms with Crippen molar-refractivity contribution in [1.82, 2.24) is 20.1 Å². The maximum atomic E-state index is 5.72. The number of benzene rings is 1. The van der Waals surface area contributed by atoms with E-state index in [1.807, 2.05) is 61.9 Å². The molecule has 0 aliphatic rings. The van der Waals surface area contributed by atoms with Gasteiger partial charge in [0.1, 0.15) is 0 Å². The lowest BCUT2D eigenvalue weighted by molar-refractivity contribution is 0.293. The summed E-state index contributed by atoms with van der Waals surface area (Å²) in [7, 11) is 2.05. The SMILES string of the molecule is CN(CCc1ccncc1)Cc1nnc(-c2ccccc2)o1. The van der Waals surface area contributed by atoms with Crippen molar-refractivity contribution >= 4 is 0 Å². The molecule has 5 nitrogen and oxygen atoms in total. The first kappa shape index (κ1) is 14.4. The van der Waals surface area contributed by atoms with Crippen LogP contribution in [0, 0.1) is 0 Å². The summed E-state index contributed by atoms with van der Waals surface area (Å²) in [5.41, 5.74) is 2.22. The Morgan fingerprint density at radius 2 is 1.77 bits per heavy atom. The minimum atomic E-state index is 0.568. The zero-order valence-corrected chi connectivity index (χ0v) is 12.5. The summed E-state index contributed by atoms with van der Waals surface area (Å²) in [6.45, 7) is 1.57. The number of rotatable bonds is 6. The predicted molar refractivity (Wildman–Crippen MR) is 84.0 cm³/mol. The molecule has 0 saturated heterocycles. The molecule has 2 aromatic heterocycles. The molecule has 0 saturated carbocycles. The second kappa shape index (κ2) is 6.95. The first-order chi connectivity index (χ1) is 10.8. The fraction of sp³-hybridized carbons (Fsp3) is 0.235. The van der Waals surface area contributed by atoms with E-state index in [-0.39, 0.29) is 0 Å². The van der Waals surface area contributed by atoms with E-state index in [1.54, 1.807) is 0 Å². The van der Waals surface area contributed by atoms with E-state index < -0.39 is 0 Å². The fourth-order valence-electron chi connectivity index (χ4n) is 2.19. The number of aromatic nitrogens is 3. The van der Waals surface area contributed by atoms with E-state index >= 15 is 0 Å². The van der Waals surface area contributed by atoms with Gasteiger partial charge in [0.25, 0.3) is 0 Å². The molecule has 0 aliphatic carbocycles. The largest absolute Gasteiger partial charge is 0.419 e. The van der Waals surface area contributed by atoms with Crippen molar-refractivity contribution < 1.29 is 4.42 Å². The van der Waals surface area contributed by atoms with E-state index in [0.717, 1.165) is 18.5 Å². The third-order valence-corrected chi connectivity index (χ3v) is 3.42. The highest BCUT2D eigenvalue weighted by atomic mass is 16.4. The molecule has 0 atom stereocenters. The summed E-state index contributed by atoms with van der Waals surface area (Å²) in [5.74, 6) is 1.20. The second-order valence-corrected chi connectivity index (χ2v) is 5.21. The van der Waals surface area contributed by atoms with Gasteiger partial charge in [0.05, 0.1) is 6.54 Å². The van der Waals surface area contributed by atoms with Crippen LogP contribution in [0.4, 0.5) is 0 Å². The van der Waals surface area contributed by atoms with Crippen molar-refractivity contribution in [3.05, 3.63) is 66.3 Å². The van der Waals surface area contributed by atoms with Gasteiger partial charge in [0, 0.05) is 24.5 Å². The van der Waals surface area contributed by atoms with Gasteiger partial charge in [0.15, 0.2) is 0 Å². The molecule has 5 heteroatoms. The lowest BCUT2D eigenvalue weighted by Crippen LogP contribution is -2.20. The molecule has 1 aromatic carbocycles. The average Bonchev–Trinajstić information content (AvgIpc) is 3.03. The molecule has 0 unspecified atom stereocenters. The maximum Gasteiger partial charge on any atom is 0.247 e. The van der Waals surface area contributed by atoms with Gasteiger partial charge in [-0.15, -0.1) is 10.2 Å². The maximum absolute atomic E-state index is 5.72. The van der Waals surface area contributed by atoms with Crippen LogP contribution in [0.15, 0.2) is 59.3 Å². The molecule has 0 spiro atoms. The van der Waals surface area contributed by atoms with Crippen LogP contribution in [0.2, 0.25) is 0 Å². The minimum absolute atomic E-state index is 0.568. The van der Waals surface area contributed by atoms with Crippen LogP contribution in [0.3, 0.4) is 0 Å². The summed E-state index contributed by atoms with van der Waals surface area (Å²) in [4.78, 5) is 6.19. The molecule has 0 radical (unpaired) electrons. The minimum Gasteiger partial charge on any atom is -0.419 e. The summed E-state index contributed by atoms with van der Waals surface area (Å²) in [6, 6.07) is 13.9. The Kier molecular flexibility index (Phi) is 4.56. The van der Waals surface area contributed by atoms with Gasteiger partial charge >= 0.3 is 0 Å². The molecule has 0 aliphatic heterocycles. The van der Waals surface area contributed by atoms with E-state index in [0.29, 0.717) is 18.3 Å². The Bertz CT molecular complexity index is 697. The zero-order valence-electron chi connectivity index (χ0n) is 12.5. The number of nitrogens with zero attached hydrogens (tertiary/aromatic N) is 4. The van der Waals surface area contributed by atoms with Gasteiger partial charge in [0.2, 0.25) is 11.8 Å². The molecule has 112 valence electrons. The van der Waals surface area contributed by atoms with E-state index in [2.05, 4.69) is 20.1 Å². The predicted octanol–water partition coefficient (Wildman–Crippen LogP) is 2.81. The van der Waals surface area contributed by atoms with Gasteiger partial charge in [-0.3, -0.25) is 9.88 Å². The summed E-state index contributed by atoms with van der Waals surface area (Å²) < 4.78 is 5.72. The van der Waals surface area contributed by atoms with Gasteiger partial charge in [-0.05, 0) is 43.3 Å². The fourth-order valence-corrected chi connectivity index (χ4v) is 2.19. The van der Waals surface area contributed by atoms with Gasteiger partial charge in [-0.2, -0.15) is 0 Å². The molecule has 2 heterocycles. The highest BCUT2D eigenvalue weighted by molar-refractivity contribution is 5.51. The summed E-state index contributed by atoms with van der Waals surface area (Å²) in [5, 5.41) is 8.23. The Morgan fingerprint density at radius 3 is 2.55 bits per heavy atom. The molecular weight excluding hydrogens is 276 g/mol. The van der Waals surface area contributed by atoms with Crippen molar-refractivity contribution in [1.29, 1.82) is 0 Å². The zero-order chi connectivity index (χ0) is 15.2. The normalized spacial score (nSPS) is 11.0. The molecule has 0 bridgehead atoms. The lowest BCUT2D eigenvalue weighted by Gasteiger charge is -2.13. The Labute approximate surface area is 129 Å². The molecule has 0 N–H and O–H groups in total. The Morgan fingerprint density at radius 1 is 1.00 bits per heavy atom. The van der Waals surface area contributed by atoms with E-state index in [1.165, 1.54) is 5.56 Å². The van der Waals surface area contributed by atoms with Crippen LogP contribution in [-0.4, -0.2) is 33.7 Å². The van der Waals surface area contributed by atoms with Crippen LogP contribution < -0.4 is 0 Å². The highest BCUT2D eigenvalue weighted by Gasteiger charge is 2.10. The van der Waals surface area contributed by atoms with Crippen LogP contribution in [0.1, 0.15) is 11.5 Å². The van der Waals surface area contributed by atoms with Crippen LogP contribution >= 0.6 is 0 Å². The first-order valence-electron chi connectivity index (χ1n) is 7.26. The Hall–Kier alpha value is -2.53. The number of pyridine rings is 1. The van der Waals surface area contributed by atoms with Gasteiger partial charge < -0.3 is 4.42 Å². The van der Waals surface area contributed by atoms with Crippen molar-refractivity contribution in [3.63, 3.8) is 0 Å². The smallest absolute Gasteiger partial charge is 0.247 e. The third-order valence-electron chi connectivity index (χ3n) is 3.42. The topological polar surface area (TPSA) is 55.1 Å². The molecule has 3 aromatic rings. The average molecular weight is 294 g/mol. The molecule has 0 fully saturated rings. The quantitative estimate of drug-likeness (QED) is 0.699. The lowest BCUT2D eigenvalue weighted by atomic mass is 10.2. The van der Waals surface area contributed by atoms with Crippen LogP contribution in [-0.2, 0) is 13.0 Å². The van der Waals surface area contributed by atoms with Crippen LogP contribution in [0.5, 0.6) is 0 Å². The van der Waals surface area contributed by atoms with E-state index in [4.69, 9.17) is 4.42 Å². The van der Waals surface area contributed by atoms with Crippen molar-refractivity contribution in [3.8, 4) is 11.5 Å². The van der Waals surface area contributed by atoms with Gasteiger partial charge in [-0.25, -0.2) is 0 Å². The van der Waals surface area contributed by atoms with Crippen molar-refractivity contribution in [2.24, 2.45) is 0 Å². The molecular formula is C17H18N4O. The van der Waals surface area contributed by atoms with E-state index in [9.17, 15) is 0 Å². The highest BCUT2D eigenvalue weighted by Crippen LogP contribution is 2.17. The van der Waals surface area contributed by atoms with Crippen molar-refractivity contribution in [2.75, 3.05) is 13.6 Å². The second-order valence-electron chi connectivity index (χ2n) is 5.21. The van der Waals surface area contributed by atoms with Crippen LogP contribution in [0.25, 0.3) is 11.5 Å². The molecule has 0 amide bonds. The summed E-state index contributed by atoms with van der Waals surface area (Å²) >= 11 is 0. The number of hydrogen-bond acceptors (Lipinski definition) is 5.